The quantitative estimate of drug-likeness (QED) is 0.400. The van der Waals surface area contributed by atoms with Crippen molar-refractivity contribution in [3.63, 3.8) is 0 Å². The van der Waals surface area contributed by atoms with E-state index in [1.807, 2.05) is 24.3 Å². The van der Waals surface area contributed by atoms with Crippen LogP contribution in [0.15, 0.2) is 88.8 Å². The molecule has 0 amide bonds. The maximum absolute atomic E-state index is 12.8. The highest BCUT2D eigenvalue weighted by atomic mass is 35.5. The molecule has 0 fully saturated rings. The van der Waals surface area contributed by atoms with Crippen molar-refractivity contribution in [2.75, 3.05) is 0 Å². The summed E-state index contributed by atoms with van der Waals surface area (Å²) in [5.74, 6) is 0.641. The van der Waals surface area contributed by atoms with E-state index in [9.17, 15) is 4.79 Å². The standard InChI is InChI=1S/C24H17ClO3/c1-2-16-3-5-17(6-4-16)14-27-20-11-12-21-23(13-20)28-15-22(24(21)26)18-7-9-19(25)10-8-18/h2-13,15H,1,14H2. The highest BCUT2D eigenvalue weighted by molar-refractivity contribution is 6.30. The SMILES string of the molecule is C=Cc1ccc(COc2ccc3c(=O)c(-c4ccc(Cl)cc4)coc3c2)cc1. The van der Waals surface area contributed by atoms with E-state index in [-0.39, 0.29) is 5.43 Å². The van der Waals surface area contributed by atoms with Gasteiger partial charge < -0.3 is 9.15 Å². The zero-order chi connectivity index (χ0) is 19.5. The average Bonchev–Trinajstić information content (AvgIpc) is 2.74. The van der Waals surface area contributed by atoms with Gasteiger partial charge in [0.2, 0.25) is 0 Å². The van der Waals surface area contributed by atoms with E-state index in [0.717, 1.165) is 16.7 Å². The summed E-state index contributed by atoms with van der Waals surface area (Å²) in [6, 6.07) is 20.3. The topological polar surface area (TPSA) is 39.4 Å². The number of ether oxygens (including phenoxy) is 1. The minimum Gasteiger partial charge on any atom is -0.489 e. The molecule has 0 N–H and O–H groups in total. The fourth-order valence-electron chi connectivity index (χ4n) is 2.94. The Balaban J connectivity index is 1.59. The van der Waals surface area contributed by atoms with Gasteiger partial charge in [0.15, 0.2) is 5.43 Å². The van der Waals surface area contributed by atoms with E-state index >= 15 is 0 Å². The molecule has 0 aliphatic rings. The zero-order valence-electron chi connectivity index (χ0n) is 15.0. The van der Waals surface area contributed by atoms with Crippen LogP contribution in [0.2, 0.25) is 5.02 Å². The Bertz CT molecular complexity index is 1190. The fraction of sp³-hybridized carbons (Fsp3) is 0.0417. The Morgan fingerprint density at radius 1 is 1.00 bits per heavy atom. The van der Waals surface area contributed by atoms with Crippen LogP contribution in [0.4, 0.5) is 0 Å². The molecule has 0 atom stereocenters. The molecular formula is C24H17ClO3. The van der Waals surface area contributed by atoms with Gasteiger partial charge in [0.1, 0.15) is 24.2 Å². The second-order valence-electron chi connectivity index (χ2n) is 6.38. The molecule has 1 heterocycles. The summed E-state index contributed by atoms with van der Waals surface area (Å²) >= 11 is 5.92. The third-order valence-electron chi connectivity index (χ3n) is 4.52. The van der Waals surface area contributed by atoms with Crippen molar-refractivity contribution in [1.82, 2.24) is 0 Å². The molecule has 3 aromatic carbocycles. The highest BCUT2D eigenvalue weighted by Gasteiger charge is 2.10. The number of hydrogen-bond acceptors (Lipinski definition) is 3. The maximum atomic E-state index is 12.8. The molecule has 4 rings (SSSR count). The first-order chi connectivity index (χ1) is 13.6. The minimum atomic E-state index is -0.0878. The van der Waals surface area contributed by atoms with Gasteiger partial charge in [0, 0.05) is 11.1 Å². The largest absolute Gasteiger partial charge is 0.489 e. The molecular weight excluding hydrogens is 372 g/mol. The van der Waals surface area contributed by atoms with Gasteiger partial charge in [0.05, 0.1) is 10.9 Å². The molecule has 0 aliphatic carbocycles. The number of rotatable bonds is 5. The first kappa shape index (κ1) is 18.1. The van der Waals surface area contributed by atoms with Crippen LogP contribution in [-0.2, 0) is 6.61 Å². The van der Waals surface area contributed by atoms with Crippen LogP contribution < -0.4 is 10.2 Å². The number of fused-ring (bicyclic) bond motifs is 1. The van der Waals surface area contributed by atoms with Crippen molar-refractivity contribution < 1.29 is 9.15 Å². The lowest BCUT2D eigenvalue weighted by Crippen LogP contribution is -2.05. The van der Waals surface area contributed by atoms with Crippen molar-refractivity contribution in [3.8, 4) is 16.9 Å². The molecule has 0 bridgehead atoms. The predicted octanol–water partition coefficient (Wildman–Crippen LogP) is 6.34. The first-order valence-electron chi connectivity index (χ1n) is 8.80. The first-order valence-corrected chi connectivity index (χ1v) is 9.17. The van der Waals surface area contributed by atoms with Gasteiger partial charge in [-0.15, -0.1) is 0 Å². The van der Waals surface area contributed by atoms with Gasteiger partial charge in [-0.25, -0.2) is 0 Å². The van der Waals surface area contributed by atoms with Crippen LogP contribution in [-0.4, -0.2) is 0 Å². The van der Waals surface area contributed by atoms with Crippen LogP contribution in [0.25, 0.3) is 28.2 Å². The Morgan fingerprint density at radius 3 is 2.46 bits per heavy atom. The normalized spacial score (nSPS) is 10.8. The van der Waals surface area contributed by atoms with Crippen molar-refractivity contribution >= 4 is 28.6 Å². The molecule has 0 saturated heterocycles. The summed E-state index contributed by atoms with van der Waals surface area (Å²) in [5, 5.41) is 1.13. The third kappa shape index (κ3) is 3.71. The molecule has 0 saturated carbocycles. The molecule has 0 radical (unpaired) electrons. The monoisotopic (exact) mass is 388 g/mol. The van der Waals surface area contributed by atoms with Gasteiger partial charge in [0.25, 0.3) is 0 Å². The van der Waals surface area contributed by atoms with Gasteiger partial charge >= 0.3 is 0 Å². The summed E-state index contributed by atoms with van der Waals surface area (Å²) < 4.78 is 11.5. The smallest absolute Gasteiger partial charge is 0.200 e. The number of halogens is 1. The van der Waals surface area contributed by atoms with Gasteiger partial charge in [-0.05, 0) is 41.0 Å². The van der Waals surface area contributed by atoms with Crippen LogP contribution in [0, 0.1) is 0 Å². The van der Waals surface area contributed by atoms with Crippen LogP contribution in [0.5, 0.6) is 5.75 Å². The molecule has 1 aromatic heterocycles. The second-order valence-corrected chi connectivity index (χ2v) is 6.81. The fourth-order valence-corrected chi connectivity index (χ4v) is 3.07. The van der Waals surface area contributed by atoms with E-state index in [1.54, 1.807) is 48.5 Å². The van der Waals surface area contributed by atoms with E-state index in [0.29, 0.717) is 33.9 Å². The highest BCUT2D eigenvalue weighted by Crippen LogP contribution is 2.24. The van der Waals surface area contributed by atoms with Crippen molar-refractivity contribution in [2.45, 2.75) is 6.61 Å². The van der Waals surface area contributed by atoms with E-state index in [2.05, 4.69) is 6.58 Å². The summed E-state index contributed by atoms with van der Waals surface area (Å²) in [4.78, 5) is 12.8. The lowest BCUT2D eigenvalue weighted by atomic mass is 10.1. The number of benzene rings is 3. The average molecular weight is 389 g/mol. The Kier molecular flexibility index (Phi) is 5.00. The molecule has 0 aliphatic heterocycles. The van der Waals surface area contributed by atoms with E-state index < -0.39 is 0 Å². The van der Waals surface area contributed by atoms with E-state index in [4.69, 9.17) is 20.8 Å². The summed E-state index contributed by atoms with van der Waals surface area (Å²) in [6.07, 6.45) is 3.28. The van der Waals surface area contributed by atoms with Crippen molar-refractivity contribution in [3.05, 3.63) is 106 Å². The molecule has 28 heavy (non-hydrogen) atoms. The predicted molar refractivity (Wildman–Crippen MR) is 114 cm³/mol. The third-order valence-corrected chi connectivity index (χ3v) is 4.77. The maximum Gasteiger partial charge on any atom is 0.200 e. The van der Waals surface area contributed by atoms with Crippen LogP contribution in [0.3, 0.4) is 0 Å². The summed E-state index contributed by atoms with van der Waals surface area (Å²) in [5.41, 5.74) is 3.78. The second kappa shape index (κ2) is 7.75. The summed E-state index contributed by atoms with van der Waals surface area (Å²) in [6.45, 7) is 4.17. The Hall–Kier alpha value is -3.30. The van der Waals surface area contributed by atoms with Crippen LogP contribution in [0.1, 0.15) is 11.1 Å². The van der Waals surface area contributed by atoms with Gasteiger partial charge in [-0.3, -0.25) is 4.79 Å². The molecule has 3 nitrogen and oxygen atoms in total. The molecule has 138 valence electrons. The van der Waals surface area contributed by atoms with Gasteiger partial charge in [-0.2, -0.15) is 0 Å². The van der Waals surface area contributed by atoms with Crippen LogP contribution >= 0.6 is 11.6 Å². The lowest BCUT2D eigenvalue weighted by Gasteiger charge is -2.08. The van der Waals surface area contributed by atoms with Crippen molar-refractivity contribution in [1.29, 1.82) is 0 Å². The van der Waals surface area contributed by atoms with Crippen molar-refractivity contribution in [2.24, 2.45) is 0 Å². The summed E-state index contributed by atoms with van der Waals surface area (Å²) in [7, 11) is 0. The molecule has 0 spiro atoms. The lowest BCUT2D eigenvalue weighted by molar-refractivity contribution is 0.306. The number of hydrogen-bond donors (Lipinski definition) is 0. The Morgan fingerprint density at radius 2 is 1.75 bits per heavy atom. The zero-order valence-corrected chi connectivity index (χ0v) is 15.8. The molecule has 4 heteroatoms. The molecule has 4 aromatic rings. The van der Waals surface area contributed by atoms with Gasteiger partial charge in [-0.1, -0.05) is 60.7 Å². The minimum absolute atomic E-state index is 0.0878. The van der Waals surface area contributed by atoms with E-state index in [1.165, 1.54) is 6.26 Å². The Labute approximate surface area is 167 Å². The molecule has 0 unspecified atom stereocenters.